The van der Waals surface area contributed by atoms with Crippen molar-refractivity contribution in [2.75, 3.05) is 9.80 Å². The Balaban J connectivity index is 1.21. The van der Waals surface area contributed by atoms with Crippen LogP contribution in [0.4, 0.5) is 34.1 Å². The number of nitrogens with zero attached hydrogens (tertiary/aromatic N) is 4. The van der Waals surface area contributed by atoms with Crippen LogP contribution in [0, 0.1) is 22.7 Å². The van der Waals surface area contributed by atoms with E-state index in [0.29, 0.717) is 17.0 Å². The monoisotopic (exact) mass is 1080 g/mol. The lowest BCUT2D eigenvalue weighted by Crippen LogP contribution is -2.61. The maximum atomic E-state index is 9.93. The molecule has 2 aliphatic heterocycles. The van der Waals surface area contributed by atoms with Crippen LogP contribution in [0.2, 0.25) is 0 Å². The molecule has 0 amide bonds. The largest absolute Gasteiger partial charge is 0.311 e. The molecule has 0 saturated heterocycles. The fraction of sp³-hybridized carbons (Fsp3) is 0.282. The van der Waals surface area contributed by atoms with E-state index >= 15 is 0 Å². The highest BCUT2D eigenvalue weighted by Gasteiger charge is 2.45. The molecule has 0 bridgehead atoms. The highest BCUT2D eigenvalue weighted by molar-refractivity contribution is 7.00. The van der Waals surface area contributed by atoms with E-state index in [1.807, 2.05) is 24.3 Å². The Morgan fingerprint density at radius 1 is 0.349 bits per heavy atom. The molecule has 412 valence electrons. The Morgan fingerprint density at radius 2 is 0.687 bits per heavy atom. The zero-order valence-electron chi connectivity index (χ0n) is 50.8. The molecule has 5 heteroatoms. The van der Waals surface area contributed by atoms with Gasteiger partial charge in [-0.15, -0.1) is 0 Å². The van der Waals surface area contributed by atoms with Crippen LogP contribution in [0.5, 0.6) is 0 Å². The van der Waals surface area contributed by atoms with Crippen LogP contribution >= 0.6 is 0 Å². The summed E-state index contributed by atoms with van der Waals surface area (Å²) in [6, 6.07) is 73.5. The maximum absolute atomic E-state index is 9.93. The molecule has 4 nitrogen and oxygen atoms in total. The average Bonchev–Trinajstić information content (AvgIpc) is 1.03. The van der Waals surface area contributed by atoms with Gasteiger partial charge in [0.15, 0.2) is 0 Å². The van der Waals surface area contributed by atoms with E-state index in [4.69, 9.17) is 0 Å². The molecule has 1 fully saturated rings. The van der Waals surface area contributed by atoms with Crippen molar-refractivity contribution in [3.8, 4) is 56.6 Å². The standard InChI is InChI=1S/C78H77BN4/c1-75(2,3)60-32-26-55(27-33-60)64-46-62(77(7,8)9)36-40-68(64)82-70-38-30-57(53-22-18-50(48-80)19-23-53)42-66(70)79-67-43-58(54-24-20-51(49-81)21-25-54)31-39-71(67)83(73-45-59(44-72(82)74(73)79)52-16-14-13-15-17-52)69-41-37-63(78(10,11)12)47-65(69)56-28-34-61(35-29-56)76(4,5)6/h18-47,52H,13-17H2,1-12H3. The van der Waals surface area contributed by atoms with E-state index in [2.05, 4.69) is 263 Å². The van der Waals surface area contributed by atoms with Gasteiger partial charge in [-0.3, -0.25) is 0 Å². The van der Waals surface area contributed by atoms with Crippen LogP contribution in [-0.2, 0) is 21.7 Å². The summed E-state index contributed by atoms with van der Waals surface area (Å²) in [6.07, 6.45) is 6.04. The molecule has 2 heterocycles. The van der Waals surface area contributed by atoms with Gasteiger partial charge < -0.3 is 9.80 Å². The first kappa shape index (κ1) is 55.2. The summed E-state index contributed by atoms with van der Waals surface area (Å²) < 4.78 is 0. The molecule has 0 atom stereocenters. The Labute approximate surface area is 495 Å². The van der Waals surface area contributed by atoms with E-state index in [1.54, 1.807) is 0 Å². The minimum atomic E-state index is -0.179. The van der Waals surface area contributed by atoms with Crippen molar-refractivity contribution in [2.24, 2.45) is 0 Å². The van der Waals surface area contributed by atoms with Crippen molar-refractivity contribution in [3.05, 3.63) is 221 Å². The average molecular weight is 1080 g/mol. The molecule has 12 rings (SSSR count). The summed E-state index contributed by atoms with van der Waals surface area (Å²) in [7, 11) is 0. The van der Waals surface area contributed by atoms with Crippen LogP contribution < -0.4 is 26.2 Å². The van der Waals surface area contributed by atoms with Gasteiger partial charge in [-0.1, -0.05) is 212 Å². The molecule has 83 heavy (non-hydrogen) atoms. The molecule has 0 aromatic heterocycles. The first-order chi connectivity index (χ1) is 39.6. The minimum absolute atomic E-state index is 0.00558. The van der Waals surface area contributed by atoms with Crippen molar-refractivity contribution in [2.45, 2.75) is 143 Å². The Bertz CT molecular complexity index is 3790. The Hall–Kier alpha value is -8.38. The van der Waals surface area contributed by atoms with Crippen molar-refractivity contribution in [1.29, 1.82) is 10.5 Å². The first-order valence-corrected chi connectivity index (χ1v) is 30.2. The normalized spacial score (nSPS) is 14.4. The third-order valence-corrected chi connectivity index (χ3v) is 18.2. The predicted octanol–water partition coefficient (Wildman–Crippen LogP) is 19.4. The molecular weight excluding hydrogens is 1000 g/mol. The van der Waals surface area contributed by atoms with Crippen molar-refractivity contribution < 1.29 is 0 Å². The molecule has 0 unspecified atom stereocenters. The Morgan fingerprint density at radius 3 is 1.05 bits per heavy atom. The molecule has 1 aliphatic carbocycles. The summed E-state index contributed by atoms with van der Waals surface area (Å²) >= 11 is 0. The molecule has 9 aromatic rings. The zero-order valence-corrected chi connectivity index (χ0v) is 50.8. The third-order valence-electron chi connectivity index (χ3n) is 18.2. The zero-order chi connectivity index (χ0) is 58.3. The summed E-state index contributed by atoms with van der Waals surface area (Å²) in [5, 5.41) is 19.9. The third kappa shape index (κ3) is 10.3. The smallest absolute Gasteiger partial charge is 0.252 e. The second kappa shape index (κ2) is 20.8. The molecule has 0 radical (unpaired) electrons. The van der Waals surface area contributed by atoms with E-state index in [-0.39, 0.29) is 28.4 Å². The number of fused-ring (bicyclic) bond motifs is 4. The highest BCUT2D eigenvalue weighted by atomic mass is 15.2. The van der Waals surface area contributed by atoms with Crippen LogP contribution in [0.25, 0.3) is 44.5 Å². The fourth-order valence-corrected chi connectivity index (χ4v) is 13.2. The van der Waals surface area contributed by atoms with Gasteiger partial charge >= 0.3 is 0 Å². The molecule has 0 N–H and O–H groups in total. The summed E-state index contributed by atoms with van der Waals surface area (Å²) in [4.78, 5) is 5.28. The molecule has 9 aromatic carbocycles. The Kier molecular flexibility index (Phi) is 13.8. The van der Waals surface area contributed by atoms with Gasteiger partial charge in [0.1, 0.15) is 0 Å². The predicted molar refractivity (Wildman–Crippen MR) is 352 cm³/mol. The molecule has 0 spiro atoms. The summed E-state index contributed by atoms with van der Waals surface area (Å²) in [5.41, 5.74) is 27.6. The number of nitriles is 2. The topological polar surface area (TPSA) is 54.1 Å². The van der Waals surface area contributed by atoms with Crippen LogP contribution in [0.3, 0.4) is 0 Å². The van der Waals surface area contributed by atoms with Gasteiger partial charge in [-0.05, 0) is 191 Å². The SMILES string of the molecule is CC(C)(C)c1ccc(-c2cc(C(C)(C)C)ccc2N2c3ccc(-c4ccc(C#N)cc4)cc3B3c4cc(-c5ccc(C#N)cc5)ccc4N(c4ccc(C(C)(C)C)cc4-c4ccc(C(C)(C)C)cc4)c4cc(C5CCCCC5)cc2c43)cc1. The second-order valence-corrected chi connectivity index (χ2v) is 28.0. The van der Waals surface area contributed by atoms with E-state index in [1.165, 1.54) is 97.1 Å². The molecule has 1 saturated carbocycles. The van der Waals surface area contributed by atoms with Crippen LogP contribution in [0.1, 0.15) is 160 Å². The number of hydrogen-bond donors (Lipinski definition) is 0. The summed E-state index contributed by atoms with van der Waals surface area (Å²) in [5.74, 6) is 0.410. The van der Waals surface area contributed by atoms with Crippen molar-refractivity contribution in [3.63, 3.8) is 0 Å². The van der Waals surface area contributed by atoms with Gasteiger partial charge in [0.2, 0.25) is 0 Å². The van der Waals surface area contributed by atoms with E-state index < -0.39 is 0 Å². The lowest BCUT2D eigenvalue weighted by Gasteiger charge is -2.46. The number of benzene rings is 9. The number of rotatable bonds is 7. The van der Waals surface area contributed by atoms with Gasteiger partial charge in [-0.2, -0.15) is 10.5 Å². The maximum Gasteiger partial charge on any atom is 0.252 e. The highest BCUT2D eigenvalue weighted by Crippen LogP contribution is 2.52. The molecule has 3 aliphatic rings. The van der Waals surface area contributed by atoms with Crippen LogP contribution in [-0.4, -0.2) is 6.71 Å². The fourth-order valence-electron chi connectivity index (χ4n) is 13.2. The van der Waals surface area contributed by atoms with Gasteiger partial charge in [0.25, 0.3) is 6.71 Å². The van der Waals surface area contributed by atoms with E-state index in [0.717, 1.165) is 57.8 Å². The van der Waals surface area contributed by atoms with E-state index in [9.17, 15) is 10.5 Å². The summed E-state index contributed by atoms with van der Waals surface area (Å²) in [6.45, 7) is 27.5. The van der Waals surface area contributed by atoms with Gasteiger partial charge in [0, 0.05) is 33.9 Å². The molecular formula is C78H77BN4. The minimum Gasteiger partial charge on any atom is -0.311 e. The van der Waals surface area contributed by atoms with Crippen molar-refractivity contribution in [1.82, 2.24) is 0 Å². The van der Waals surface area contributed by atoms with Gasteiger partial charge in [0.05, 0.1) is 34.6 Å². The quantitative estimate of drug-likeness (QED) is 0.149. The first-order valence-electron chi connectivity index (χ1n) is 30.2. The number of anilines is 6. The van der Waals surface area contributed by atoms with Gasteiger partial charge in [-0.25, -0.2) is 0 Å². The lowest BCUT2D eigenvalue weighted by molar-refractivity contribution is 0.444. The number of hydrogen-bond acceptors (Lipinski definition) is 4. The second-order valence-electron chi connectivity index (χ2n) is 28.0. The lowest BCUT2D eigenvalue weighted by atomic mass is 9.33. The van der Waals surface area contributed by atoms with Crippen molar-refractivity contribution >= 4 is 57.2 Å². The van der Waals surface area contributed by atoms with Crippen LogP contribution in [0.15, 0.2) is 182 Å².